The Morgan fingerprint density at radius 1 is 1.23 bits per heavy atom. The number of carbonyl (C=O) groups excluding carboxylic acids is 1. The van der Waals surface area contributed by atoms with E-state index in [1.165, 1.54) is 23.5 Å². The van der Waals surface area contributed by atoms with Crippen molar-refractivity contribution in [2.45, 2.75) is 12.5 Å². The third kappa shape index (κ3) is 3.35. The van der Waals surface area contributed by atoms with Crippen molar-refractivity contribution >= 4 is 48.8 Å². The van der Waals surface area contributed by atoms with E-state index < -0.39 is 9.84 Å². The average Bonchev–Trinajstić information content (AvgIpc) is 3.14. The fraction of sp³-hybridized carbons (Fsp3) is 0.471. The number of thiophene rings is 1. The Balaban J connectivity index is 1.46. The van der Waals surface area contributed by atoms with Gasteiger partial charge < -0.3 is 4.90 Å². The Hall–Kier alpha value is -1.22. The molecule has 0 N–H and O–H groups in total. The molecule has 2 saturated heterocycles. The number of sulfone groups is 1. The minimum absolute atomic E-state index is 0.0631. The van der Waals surface area contributed by atoms with Crippen LogP contribution in [0.25, 0.3) is 10.1 Å². The van der Waals surface area contributed by atoms with Crippen LogP contribution in [0.5, 0.6) is 0 Å². The molecule has 1 aromatic heterocycles. The van der Waals surface area contributed by atoms with Gasteiger partial charge in [-0.3, -0.25) is 9.69 Å². The Kier molecular flexibility index (Phi) is 4.71. The fourth-order valence-corrected chi connectivity index (χ4v) is 6.94. The summed E-state index contributed by atoms with van der Waals surface area (Å²) in [5, 5.41) is 1.07. The van der Waals surface area contributed by atoms with Crippen LogP contribution in [-0.4, -0.2) is 67.9 Å². The first kappa shape index (κ1) is 18.2. The molecule has 0 unspecified atom stereocenters. The molecule has 2 aliphatic rings. The molecule has 3 heterocycles. The van der Waals surface area contributed by atoms with Crippen molar-refractivity contribution in [1.29, 1.82) is 0 Å². The number of fused-ring (bicyclic) bond motifs is 1. The molecule has 2 aromatic rings. The van der Waals surface area contributed by atoms with Crippen LogP contribution in [0.3, 0.4) is 0 Å². The van der Waals surface area contributed by atoms with Gasteiger partial charge in [0.1, 0.15) is 10.7 Å². The van der Waals surface area contributed by atoms with Gasteiger partial charge in [-0.25, -0.2) is 12.8 Å². The maximum Gasteiger partial charge on any atom is 0.265 e. The molecule has 0 spiro atoms. The van der Waals surface area contributed by atoms with Crippen molar-refractivity contribution < 1.29 is 17.6 Å². The van der Waals surface area contributed by atoms with Gasteiger partial charge in [0, 0.05) is 42.3 Å². The molecule has 4 rings (SSSR count). The summed E-state index contributed by atoms with van der Waals surface area (Å²) in [6.45, 7) is 2.38. The van der Waals surface area contributed by atoms with E-state index in [1.54, 1.807) is 11.0 Å². The molecule has 1 aromatic carbocycles. The highest BCUT2D eigenvalue weighted by molar-refractivity contribution is 7.91. The van der Waals surface area contributed by atoms with Crippen LogP contribution < -0.4 is 0 Å². The summed E-state index contributed by atoms with van der Waals surface area (Å²) in [6, 6.07) is 4.39. The van der Waals surface area contributed by atoms with Crippen molar-refractivity contribution in [3.63, 3.8) is 0 Å². The van der Waals surface area contributed by atoms with Gasteiger partial charge in [0.05, 0.1) is 16.5 Å². The van der Waals surface area contributed by atoms with Gasteiger partial charge in [-0.2, -0.15) is 0 Å². The predicted molar refractivity (Wildman–Crippen MR) is 101 cm³/mol. The Bertz CT molecular complexity index is 968. The number of hydrogen-bond acceptors (Lipinski definition) is 5. The van der Waals surface area contributed by atoms with Crippen LogP contribution in [0.2, 0.25) is 5.02 Å². The van der Waals surface area contributed by atoms with Crippen LogP contribution in [-0.2, 0) is 9.84 Å². The number of carbonyl (C=O) groups is 1. The van der Waals surface area contributed by atoms with E-state index in [0.29, 0.717) is 52.6 Å². The van der Waals surface area contributed by atoms with Gasteiger partial charge in [-0.05, 0) is 24.6 Å². The SMILES string of the molecule is O=C(c1sc2cc(F)ccc2c1Cl)N1CCN([C@H]2CCS(=O)(=O)C2)CC1. The maximum atomic E-state index is 13.4. The summed E-state index contributed by atoms with van der Waals surface area (Å²) >= 11 is 7.56. The molecule has 0 bridgehead atoms. The topological polar surface area (TPSA) is 57.7 Å². The first-order valence-electron chi connectivity index (χ1n) is 8.45. The van der Waals surface area contributed by atoms with Crippen molar-refractivity contribution in [1.82, 2.24) is 9.80 Å². The summed E-state index contributed by atoms with van der Waals surface area (Å²) in [5.74, 6) is -0.0239. The second-order valence-electron chi connectivity index (χ2n) is 6.77. The third-order valence-corrected chi connectivity index (χ3v) is 8.51. The number of piperazine rings is 1. The number of rotatable bonds is 2. The summed E-state index contributed by atoms with van der Waals surface area (Å²) in [4.78, 5) is 17.2. The summed E-state index contributed by atoms with van der Waals surface area (Å²) in [7, 11) is -2.91. The van der Waals surface area contributed by atoms with E-state index >= 15 is 0 Å². The highest BCUT2D eigenvalue weighted by Crippen LogP contribution is 2.36. The minimum Gasteiger partial charge on any atom is -0.335 e. The van der Waals surface area contributed by atoms with E-state index in [-0.39, 0.29) is 29.3 Å². The first-order valence-corrected chi connectivity index (χ1v) is 11.5. The molecule has 1 atom stereocenters. The molecule has 0 radical (unpaired) electrons. The second kappa shape index (κ2) is 6.74. The van der Waals surface area contributed by atoms with E-state index in [4.69, 9.17) is 11.6 Å². The largest absolute Gasteiger partial charge is 0.335 e. The second-order valence-corrected chi connectivity index (χ2v) is 10.4. The van der Waals surface area contributed by atoms with E-state index in [9.17, 15) is 17.6 Å². The summed E-state index contributed by atoms with van der Waals surface area (Å²) in [5.41, 5.74) is 0. The molecule has 5 nitrogen and oxygen atoms in total. The molecule has 2 fully saturated rings. The number of halogens is 2. The lowest BCUT2D eigenvalue weighted by molar-refractivity contribution is 0.0592. The lowest BCUT2D eigenvalue weighted by atomic mass is 10.2. The molecule has 9 heteroatoms. The molecule has 26 heavy (non-hydrogen) atoms. The smallest absolute Gasteiger partial charge is 0.265 e. The average molecular weight is 417 g/mol. The quantitative estimate of drug-likeness (QED) is 0.755. The lowest BCUT2D eigenvalue weighted by Gasteiger charge is -2.37. The molecule has 0 aliphatic carbocycles. The highest BCUT2D eigenvalue weighted by atomic mass is 35.5. The number of benzene rings is 1. The van der Waals surface area contributed by atoms with Gasteiger partial charge in [-0.15, -0.1) is 11.3 Å². The van der Waals surface area contributed by atoms with Gasteiger partial charge in [0.15, 0.2) is 9.84 Å². The number of nitrogens with zero attached hydrogens (tertiary/aromatic N) is 2. The van der Waals surface area contributed by atoms with E-state index in [0.717, 1.165) is 0 Å². The Morgan fingerprint density at radius 2 is 1.96 bits per heavy atom. The van der Waals surface area contributed by atoms with Gasteiger partial charge in [0.2, 0.25) is 0 Å². The molecule has 0 saturated carbocycles. The minimum atomic E-state index is -2.91. The Labute approximate surface area is 160 Å². The van der Waals surface area contributed by atoms with Crippen LogP contribution in [0.15, 0.2) is 18.2 Å². The molecule has 140 valence electrons. The zero-order valence-electron chi connectivity index (χ0n) is 14.0. The third-order valence-electron chi connectivity index (χ3n) is 5.11. The van der Waals surface area contributed by atoms with Crippen LogP contribution in [0.4, 0.5) is 4.39 Å². The molecular formula is C17H18ClFN2O3S2. The number of amides is 1. The Morgan fingerprint density at radius 3 is 2.62 bits per heavy atom. The predicted octanol–water partition coefficient (Wildman–Crippen LogP) is 2.64. The molecule has 2 aliphatic heterocycles. The van der Waals surface area contributed by atoms with E-state index in [2.05, 4.69) is 4.90 Å². The van der Waals surface area contributed by atoms with Gasteiger partial charge in [0.25, 0.3) is 5.91 Å². The zero-order chi connectivity index (χ0) is 18.5. The van der Waals surface area contributed by atoms with Crippen molar-refractivity contribution in [3.05, 3.63) is 33.9 Å². The monoisotopic (exact) mass is 416 g/mol. The van der Waals surface area contributed by atoms with E-state index in [1.807, 2.05) is 0 Å². The fourth-order valence-electron chi connectivity index (χ4n) is 3.67. The van der Waals surface area contributed by atoms with Crippen molar-refractivity contribution in [2.24, 2.45) is 0 Å². The van der Waals surface area contributed by atoms with Crippen molar-refractivity contribution in [3.8, 4) is 0 Å². The lowest BCUT2D eigenvalue weighted by Crippen LogP contribution is -2.52. The number of hydrogen-bond donors (Lipinski definition) is 0. The maximum absolute atomic E-state index is 13.4. The summed E-state index contributed by atoms with van der Waals surface area (Å²) in [6.07, 6.45) is 0.671. The van der Waals surface area contributed by atoms with Crippen molar-refractivity contribution in [2.75, 3.05) is 37.7 Å². The van der Waals surface area contributed by atoms with Crippen LogP contribution >= 0.6 is 22.9 Å². The van der Waals surface area contributed by atoms with Crippen LogP contribution in [0, 0.1) is 5.82 Å². The zero-order valence-corrected chi connectivity index (χ0v) is 16.3. The highest BCUT2D eigenvalue weighted by Gasteiger charge is 2.35. The normalized spacial score (nSPS) is 23.6. The van der Waals surface area contributed by atoms with Crippen LogP contribution in [0.1, 0.15) is 16.1 Å². The van der Waals surface area contributed by atoms with Gasteiger partial charge >= 0.3 is 0 Å². The standard InChI is InChI=1S/C17H18ClFN2O3S2/c18-15-13-2-1-11(19)9-14(13)25-16(15)17(22)21-6-4-20(5-7-21)12-3-8-26(23,24)10-12/h1-2,9,12H,3-8,10H2/t12-/m0/s1. The van der Waals surface area contributed by atoms with Gasteiger partial charge in [-0.1, -0.05) is 11.6 Å². The molecule has 1 amide bonds. The first-order chi connectivity index (χ1) is 12.3. The summed E-state index contributed by atoms with van der Waals surface area (Å²) < 4.78 is 37.4. The molecular weight excluding hydrogens is 399 g/mol.